The Bertz CT molecular complexity index is 612. The molecule has 0 heterocycles. The standard InChI is InChI=1S/C15H15FN2O2/c1-18-9-11-8-12(16)4-7-14(11)20-13-5-2-10(3-6-13)15(17)19/h2-8,18H,9H2,1H3,(H2,17,19). The predicted molar refractivity (Wildman–Crippen MR) is 74.2 cm³/mol. The maximum absolute atomic E-state index is 13.2. The van der Waals surface area contributed by atoms with Gasteiger partial charge in [0.15, 0.2) is 0 Å². The van der Waals surface area contributed by atoms with Crippen molar-refractivity contribution in [3.63, 3.8) is 0 Å². The number of nitrogens with one attached hydrogen (secondary N) is 1. The fourth-order valence-electron chi connectivity index (χ4n) is 1.79. The summed E-state index contributed by atoms with van der Waals surface area (Å²) in [5.74, 6) is 0.312. The number of ether oxygens (including phenoxy) is 1. The van der Waals surface area contributed by atoms with E-state index in [4.69, 9.17) is 10.5 Å². The first-order valence-corrected chi connectivity index (χ1v) is 6.11. The van der Waals surface area contributed by atoms with Gasteiger partial charge in [-0.1, -0.05) is 0 Å². The second-order valence-corrected chi connectivity index (χ2v) is 4.27. The van der Waals surface area contributed by atoms with Crippen LogP contribution in [-0.4, -0.2) is 13.0 Å². The lowest BCUT2D eigenvalue weighted by Crippen LogP contribution is -2.10. The lowest BCUT2D eigenvalue weighted by Gasteiger charge is -2.11. The van der Waals surface area contributed by atoms with Gasteiger partial charge in [-0.05, 0) is 49.5 Å². The van der Waals surface area contributed by atoms with E-state index >= 15 is 0 Å². The summed E-state index contributed by atoms with van der Waals surface area (Å²) < 4.78 is 18.9. The number of benzene rings is 2. The Kier molecular flexibility index (Phi) is 4.32. The van der Waals surface area contributed by atoms with Crippen LogP contribution in [0.4, 0.5) is 4.39 Å². The van der Waals surface area contributed by atoms with Gasteiger partial charge in [0.05, 0.1) is 0 Å². The highest BCUT2D eigenvalue weighted by atomic mass is 19.1. The van der Waals surface area contributed by atoms with Gasteiger partial charge in [0.25, 0.3) is 0 Å². The third kappa shape index (κ3) is 3.33. The Balaban J connectivity index is 2.22. The van der Waals surface area contributed by atoms with Gasteiger partial charge in [-0.2, -0.15) is 0 Å². The highest BCUT2D eigenvalue weighted by Crippen LogP contribution is 2.26. The molecule has 0 aliphatic heterocycles. The molecule has 2 aromatic rings. The van der Waals surface area contributed by atoms with Crippen molar-refractivity contribution >= 4 is 5.91 Å². The van der Waals surface area contributed by atoms with E-state index in [-0.39, 0.29) is 5.82 Å². The zero-order valence-corrected chi connectivity index (χ0v) is 11.0. The van der Waals surface area contributed by atoms with Crippen LogP contribution < -0.4 is 15.8 Å². The van der Waals surface area contributed by atoms with Crippen molar-refractivity contribution in [1.29, 1.82) is 0 Å². The molecule has 1 amide bonds. The third-order valence-corrected chi connectivity index (χ3v) is 2.76. The minimum atomic E-state index is -0.491. The normalized spacial score (nSPS) is 10.3. The molecule has 104 valence electrons. The first-order chi connectivity index (χ1) is 9.60. The molecule has 20 heavy (non-hydrogen) atoms. The fraction of sp³-hybridized carbons (Fsp3) is 0.133. The van der Waals surface area contributed by atoms with Crippen molar-refractivity contribution in [2.24, 2.45) is 5.73 Å². The van der Waals surface area contributed by atoms with Crippen LogP contribution in [0.5, 0.6) is 11.5 Å². The average molecular weight is 274 g/mol. The second-order valence-electron chi connectivity index (χ2n) is 4.27. The number of amides is 1. The minimum absolute atomic E-state index is 0.313. The van der Waals surface area contributed by atoms with E-state index in [0.717, 1.165) is 0 Å². The molecule has 0 saturated heterocycles. The van der Waals surface area contributed by atoms with Crippen LogP contribution in [0.1, 0.15) is 15.9 Å². The molecular formula is C15H15FN2O2. The SMILES string of the molecule is CNCc1cc(F)ccc1Oc1ccc(C(N)=O)cc1. The van der Waals surface area contributed by atoms with Gasteiger partial charge < -0.3 is 15.8 Å². The summed E-state index contributed by atoms with van der Waals surface area (Å²) in [7, 11) is 1.77. The van der Waals surface area contributed by atoms with E-state index < -0.39 is 5.91 Å². The summed E-state index contributed by atoms with van der Waals surface area (Å²) in [6.07, 6.45) is 0. The molecular weight excluding hydrogens is 259 g/mol. The third-order valence-electron chi connectivity index (χ3n) is 2.76. The molecule has 0 spiro atoms. The molecule has 0 saturated carbocycles. The molecule has 0 aromatic heterocycles. The molecule has 0 unspecified atom stereocenters. The Hall–Kier alpha value is -2.40. The molecule has 4 nitrogen and oxygen atoms in total. The van der Waals surface area contributed by atoms with Crippen LogP contribution >= 0.6 is 0 Å². The average Bonchev–Trinajstić information content (AvgIpc) is 2.43. The molecule has 2 aromatic carbocycles. The van der Waals surface area contributed by atoms with Crippen molar-refractivity contribution in [2.75, 3.05) is 7.05 Å². The van der Waals surface area contributed by atoms with Crippen molar-refractivity contribution < 1.29 is 13.9 Å². The molecule has 0 aliphatic rings. The van der Waals surface area contributed by atoms with E-state index in [2.05, 4.69) is 5.32 Å². The maximum Gasteiger partial charge on any atom is 0.248 e. The predicted octanol–water partition coefficient (Wildman–Crippen LogP) is 2.44. The van der Waals surface area contributed by atoms with Crippen molar-refractivity contribution in [3.8, 4) is 11.5 Å². The minimum Gasteiger partial charge on any atom is -0.457 e. The quantitative estimate of drug-likeness (QED) is 0.880. The number of rotatable bonds is 5. The summed E-state index contributed by atoms with van der Waals surface area (Å²) in [6.45, 7) is 0.493. The maximum atomic E-state index is 13.2. The van der Waals surface area contributed by atoms with Gasteiger partial charge in [-0.15, -0.1) is 0 Å². The molecule has 3 N–H and O–H groups in total. The van der Waals surface area contributed by atoms with Gasteiger partial charge in [-0.25, -0.2) is 4.39 Å². The first kappa shape index (κ1) is 14.0. The van der Waals surface area contributed by atoms with Gasteiger partial charge in [0, 0.05) is 17.7 Å². The van der Waals surface area contributed by atoms with Gasteiger partial charge in [0.1, 0.15) is 17.3 Å². The number of halogens is 1. The topological polar surface area (TPSA) is 64.3 Å². The number of hydrogen-bond acceptors (Lipinski definition) is 3. The lowest BCUT2D eigenvalue weighted by atomic mass is 10.2. The van der Waals surface area contributed by atoms with Gasteiger partial charge in [-0.3, -0.25) is 4.79 Å². The molecule has 2 rings (SSSR count). The number of carbonyl (C=O) groups is 1. The number of primary amides is 1. The molecule has 0 fully saturated rings. The molecule has 0 radical (unpaired) electrons. The highest BCUT2D eigenvalue weighted by molar-refractivity contribution is 5.92. The Morgan fingerprint density at radius 3 is 2.55 bits per heavy atom. The van der Waals surface area contributed by atoms with E-state index in [9.17, 15) is 9.18 Å². The Morgan fingerprint density at radius 1 is 1.25 bits per heavy atom. The van der Waals surface area contributed by atoms with Crippen molar-refractivity contribution in [1.82, 2.24) is 5.32 Å². The van der Waals surface area contributed by atoms with Crippen molar-refractivity contribution in [3.05, 3.63) is 59.4 Å². The van der Waals surface area contributed by atoms with Gasteiger partial charge >= 0.3 is 0 Å². The lowest BCUT2D eigenvalue weighted by molar-refractivity contribution is 0.100. The van der Waals surface area contributed by atoms with E-state index in [1.807, 2.05) is 0 Å². The van der Waals surface area contributed by atoms with Crippen LogP contribution in [0, 0.1) is 5.82 Å². The largest absolute Gasteiger partial charge is 0.457 e. The zero-order chi connectivity index (χ0) is 14.5. The molecule has 0 atom stereocenters. The van der Waals surface area contributed by atoms with Gasteiger partial charge in [0.2, 0.25) is 5.91 Å². The molecule has 0 bridgehead atoms. The van der Waals surface area contributed by atoms with Crippen LogP contribution in [0.3, 0.4) is 0 Å². The van der Waals surface area contributed by atoms with E-state index in [0.29, 0.717) is 29.2 Å². The summed E-state index contributed by atoms with van der Waals surface area (Å²) in [5, 5.41) is 2.95. The number of nitrogens with two attached hydrogens (primary N) is 1. The van der Waals surface area contributed by atoms with Crippen LogP contribution in [0.2, 0.25) is 0 Å². The van der Waals surface area contributed by atoms with E-state index in [1.54, 1.807) is 37.4 Å². The fourth-order valence-corrected chi connectivity index (χ4v) is 1.79. The summed E-state index contributed by atoms with van der Waals surface area (Å²) >= 11 is 0. The first-order valence-electron chi connectivity index (χ1n) is 6.11. The van der Waals surface area contributed by atoms with Crippen LogP contribution in [-0.2, 0) is 6.54 Å². The Labute approximate surface area is 116 Å². The van der Waals surface area contributed by atoms with Crippen molar-refractivity contribution in [2.45, 2.75) is 6.54 Å². The highest BCUT2D eigenvalue weighted by Gasteiger charge is 2.07. The van der Waals surface area contributed by atoms with Crippen LogP contribution in [0.25, 0.3) is 0 Å². The zero-order valence-electron chi connectivity index (χ0n) is 11.0. The van der Waals surface area contributed by atoms with Crippen LogP contribution in [0.15, 0.2) is 42.5 Å². The number of hydrogen-bond donors (Lipinski definition) is 2. The monoisotopic (exact) mass is 274 g/mol. The summed E-state index contributed by atoms with van der Waals surface area (Å²) in [5.41, 5.74) is 6.29. The molecule has 0 aliphatic carbocycles. The summed E-state index contributed by atoms with van der Waals surface area (Å²) in [6, 6.07) is 10.8. The Morgan fingerprint density at radius 2 is 1.95 bits per heavy atom. The molecule has 5 heteroatoms. The summed E-state index contributed by atoms with van der Waals surface area (Å²) in [4.78, 5) is 11.0. The smallest absolute Gasteiger partial charge is 0.248 e. The van der Waals surface area contributed by atoms with E-state index in [1.165, 1.54) is 12.1 Å². The number of carbonyl (C=O) groups excluding carboxylic acids is 1. The second kappa shape index (κ2) is 6.16.